The lowest BCUT2D eigenvalue weighted by molar-refractivity contribution is 0.131. The number of ether oxygens (including phenoxy) is 1. The molecule has 0 aromatic carbocycles. The fourth-order valence-corrected chi connectivity index (χ4v) is 3.10. The Hall–Kier alpha value is -0.0800. The minimum absolute atomic E-state index is 0.489. The third-order valence-corrected chi connectivity index (χ3v) is 4.44. The van der Waals surface area contributed by atoms with Crippen molar-refractivity contribution in [2.45, 2.75) is 78.7 Å². The Balaban J connectivity index is 2.12. The smallest absolute Gasteiger partial charge is 0.0478 e. The minimum Gasteiger partial charge on any atom is -0.381 e. The maximum atomic E-state index is 5.52. The van der Waals surface area contributed by atoms with Gasteiger partial charge in [0.05, 0.1) is 0 Å². The number of nitrogens with one attached hydrogen (secondary N) is 1. The van der Waals surface area contributed by atoms with Crippen molar-refractivity contribution in [2.75, 3.05) is 19.8 Å². The summed E-state index contributed by atoms with van der Waals surface area (Å²) in [5.74, 6) is 0.909. The van der Waals surface area contributed by atoms with Gasteiger partial charge in [-0.1, -0.05) is 34.1 Å². The summed E-state index contributed by atoms with van der Waals surface area (Å²) in [4.78, 5) is 0. The fourth-order valence-electron chi connectivity index (χ4n) is 3.10. The van der Waals surface area contributed by atoms with E-state index in [1.54, 1.807) is 0 Å². The molecule has 1 fully saturated rings. The quantitative estimate of drug-likeness (QED) is 0.547. The van der Waals surface area contributed by atoms with Gasteiger partial charge in [-0.2, -0.15) is 0 Å². The molecule has 19 heavy (non-hydrogen) atoms. The fraction of sp³-hybridized carbons (Fsp3) is 1.00. The molecular weight excluding hydrogens is 234 g/mol. The maximum absolute atomic E-state index is 5.52. The molecule has 0 heterocycles. The highest BCUT2D eigenvalue weighted by Gasteiger charge is 2.27. The Kier molecular flexibility index (Phi) is 8.01. The molecule has 0 amide bonds. The average molecular weight is 269 g/mol. The summed E-state index contributed by atoms with van der Waals surface area (Å²) in [5, 5.41) is 3.73. The lowest BCUT2D eigenvalue weighted by Gasteiger charge is -2.29. The van der Waals surface area contributed by atoms with Gasteiger partial charge < -0.3 is 10.1 Å². The minimum atomic E-state index is 0.489. The second-order valence-corrected chi connectivity index (χ2v) is 7.19. The normalized spacial score (nSPS) is 25.3. The molecule has 1 N–H and O–H groups in total. The van der Waals surface area contributed by atoms with Crippen LogP contribution in [0.25, 0.3) is 0 Å². The first kappa shape index (κ1) is 17.0. The van der Waals surface area contributed by atoms with Crippen LogP contribution in [0.4, 0.5) is 0 Å². The summed E-state index contributed by atoms with van der Waals surface area (Å²) < 4.78 is 5.52. The van der Waals surface area contributed by atoms with E-state index in [4.69, 9.17) is 4.74 Å². The SMILES string of the molecule is CCCOCCCNC1CCCC(C(C)(C)C)CC1. The zero-order chi connectivity index (χ0) is 14.1. The first-order valence-electron chi connectivity index (χ1n) is 8.35. The predicted octanol–water partition coefficient (Wildman–Crippen LogP) is 4.39. The van der Waals surface area contributed by atoms with Gasteiger partial charge in [0, 0.05) is 19.3 Å². The largest absolute Gasteiger partial charge is 0.381 e. The molecule has 0 aromatic rings. The van der Waals surface area contributed by atoms with Gasteiger partial charge in [-0.15, -0.1) is 0 Å². The molecule has 0 spiro atoms. The van der Waals surface area contributed by atoms with Crippen molar-refractivity contribution in [2.24, 2.45) is 11.3 Å². The Labute approximate surface area is 120 Å². The number of hydrogen-bond acceptors (Lipinski definition) is 2. The first-order chi connectivity index (χ1) is 9.04. The van der Waals surface area contributed by atoms with Gasteiger partial charge in [-0.25, -0.2) is 0 Å². The molecule has 1 aliphatic rings. The molecule has 1 rings (SSSR count). The molecule has 2 heteroatoms. The molecule has 2 atom stereocenters. The van der Waals surface area contributed by atoms with Crippen molar-refractivity contribution in [1.29, 1.82) is 0 Å². The van der Waals surface area contributed by atoms with E-state index in [0.29, 0.717) is 5.41 Å². The molecular formula is C17H35NO. The van der Waals surface area contributed by atoms with Crippen LogP contribution in [0.2, 0.25) is 0 Å². The second-order valence-electron chi connectivity index (χ2n) is 7.19. The summed E-state index contributed by atoms with van der Waals surface area (Å²) in [5.41, 5.74) is 0.489. The van der Waals surface area contributed by atoms with Gasteiger partial charge in [0.1, 0.15) is 0 Å². The van der Waals surface area contributed by atoms with Crippen molar-refractivity contribution < 1.29 is 4.74 Å². The predicted molar refractivity (Wildman–Crippen MR) is 83.5 cm³/mol. The van der Waals surface area contributed by atoms with Gasteiger partial charge in [-0.3, -0.25) is 0 Å². The molecule has 114 valence electrons. The molecule has 1 aliphatic carbocycles. The standard InChI is InChI=1S/C17H35NO/c1-5-13-19-14-7-12-18-16-9-6-8-15(10-11-16)17(2,3)4/h15-16,18H,5-14H2,1-4H3. The summed E-state index contributed by atoms with van der Waals surface area (Å²) in [6.45, 7) is 12.3. The molecule has 0 radical (unpaired) electrons. The van der Waals surface area contributed by atoms with Crippen LogP contribution in [0.3, 0.4) is 0 Å². The molecule has 2 unspecified atom stereocenters. The summed E-state index contributed by atoms with van der Waals surface area (Å²) >= 11 is 0. The highest BCUT2D eigenvalue weighted by Crippen LogP contribution is 2.36. The summed E-state index contributed by atoms with van der Waals surface area (Å²) in [7, 11) is 0. The van der Waals surface area contributed by atoms with Crippen molar-refractivity contribution in [1.82, 2.24) is 5.32 Å². The second kappa shape index (κ2) is 8.97. The third kappa shape index (κ3) is 7.31. The average Bonchev–Trinajstić information content (AvgIpc) is 2.58. The lowest BCUT2D eigenvalue weighted by Crippen LogP contribution is -2.30. The van der Waals surface area contributed by atoms with Crippen molar-refractivity contribution in [3.05, 3.63) is 0 Å². The van der Waals surface area contributed by atoms with Crippen molar-refractivity contribution in [3.8, 4) is 0 Å². The van der Waals surface area contributed by atoms with Crippen molar-refractivity contribution >= 4 is 0 Å². The van der Waals surface area contributed by atoms with E-state index in [-0.39, 0.29) is 0 Å². The Morgan fingerprint density at radius 3 is 2.53 bits per heavy atom. The van der Waals surface area contributed by atoms with Gasteiger partial charge in [0.2, 0.25) is 0 Å². The molecule has 2 nitrogen and oxygen atoms in total. The van der Waals surface area contributed by atoms with Crippen LogP contribution in [0.15, 0.2) is 0 Å². The van der Waals surface area contributed by atoms with Crippen molar-refractivity contribution in [3.63, 3.8) is 0 Å². The van der Waals surface area contributed by atoms with Gasteiger partial charge >= 0.3 is 0 Å². The molecule has 0 saturated heterocycles. The summed E-state index contributed by atoms with van der Waals surface area (Å²) in [6, 6.07) is 0.749. The topological polar surface area (TPSA) is 21.3 Å². The molecule has 0 aliphatic heterocycles. The van der Waals surface area contributed by atoms with Crippen LogP contribution >= 0.6 is 0 Å². The zero-order valence-corrected chi connectivity index (χ0v) is 13.6. The summed E-state index contributed by atoms with van der Waals surface area (Å²) in [6.07, 6.45) is 9.21. The van der Waals surface area contributed by atoms with E-state index in [1.165, 1.54) is 32.1 Å². The van der Waals surface area contributed by atoms with Crippen LogP contribution in [-0.2, 0) is 4.74 Å². The van der Waals surface area contributed by atoms with E-state index in [2.05, 4.69) is 33.0 Å². The van der Waals surface area contributed by atoms with Gasteiger partial charge in [0.15, 0.2) is 0 Å². The van der Waals surface area contributed by atoms with E-state index in [1.807, 2.05) is 0 Å². The van der Waals surface area contributed by atoms with E-state index < -0.39 is 0 Å². The van der Waals surface area contributed by atoms with E-state index in [9.17, 15) is 0 Å². The Morgan fingerprint density at radius 2 is 1.84 bits per heavy atom. The van der Waals surface area contributed by atoms with Crippen LogP contribution < -0.4 is 5.32 Å². The number of hydrogen-bond donors (Lipinski definition) is 1. The van der Waals surface area contributed by atoms with E-state index in [0.717, 1.165) is 44.6 Å². The van der Waals surface area contributed by atoms with Crippen LogP contribution in [-0.4, -0.2) is 25.8 Å². The monoisotopic (exact) mass is 269 g/mol. The van der Waals surface area contributed by atoms with Crippen LogP contribution in [0, 0.1) is 11.3 Å². The Morgan fingerprint density at radius 1 is 1.05 bits per heavy atom. The van der Waals surface area contributed by atoms with E-state index >= 15 is 0 Å². The lowest BCUT2D eigenvalue weighted by atomic mass is 9.76. The number of rotatable bonds is 7. The molecule has 1 saturated carbocycles. The van der Waals surface area contributed by atoms with Crippen LogP contribution in [0.5, 0.6) is 0 Å². The zero-order valence-electron chi connectivity index (χ0n) is 13.6. The molecule has 0 aromatic heterocycles. The van der Waals surface area contributed by atoms with Gasteiger partial charge in [0.25, 0.3) is 0 Å². The Bertz CT molecular complexity index is 222. The third-order valence-electron chi connectivity index (χ3n) is 4.44. The molecule has 0 bridgehead atoms. The highest BCUT2D eigenvalue weighted by atomic mass is 16.5. The first-order valence-corrected chi connectivity index (χ1v) is 8.35. The van der Waals surface area contributed by atoms with Crippen LogP contribution in [0.1, 0.15) is 72.6 Å². The maximum Gasteiger partial charge on any atom is 0.0478 e. The highest BCUT2D eigenvalue weighted by molar-refractivity contribution is 4.81. The van der Waals surface area contributed by atoms with Gasteiger partial charge in [-0.05, 0) is 56.4 Å².